The molecule has 0 atom stereocenters. The molecule has 6 nitrogen and oxygen atoms in total. The van der Waals surface area contributed by atoms with Crippen LogP contribution in [0.15, 0.2) is 52.7 Å². The van der Waals surface area contributed by atoms with Crippen molar-refractivity contribution in [3.63, 3.8) is 0 Å². The molecule has 2 aliphatic rings. The Morgan fingerprint density at radius 3 is 2.92 bits per heavy atom. The smallest absolute Gasteiger partial charge is 0.279 e. The first-order valence-electron chi connectivity index (χ1n) is 7.70. The van der Waals surface area contributed by atoms with Gasteiger partial charge in [0.1, 0.15) is 0 Å². The molecule has 2 aliphatic heterocycles. The minimum atomic E-state index is -0.131. The van der Waals surface area contributed by atoms with E-state index >= 15 is 0 Å². The molecule has 0 bridgehead atoms. The van der Waals surface area contributed by atoms with Crippen molar-refractivity contribution in [2.75, 3.05) is 18.2 Å². The zero-order valence-electron chi connectivity index (χ0n) is 13.1. The number of nitrogens with zero attached hydrogens (tertiary/aromatic N) is 3. The van der Waals surface area contributed by atoms with Crippen LogP contribution in [0.1, 0.15) is 18.1 Å². The Kier molecular flexibility index (Phi) is 3.49. The Morgan fingerprint density at radius 1 is 1.17 bits per heavy atom. The number of carbonyl (C=O) groups is 1. The van der Waals surface area contributed by atoms with E-state index in [4.69, 9.17) is 9.47 Å². The lowest BCUT2D eigenvalue weighted by molar-refractivity contribution is -0.112. The van der Waals surface area contributed by atoms with Gasteiger partial charge in [-0.1, -0.05) is 24.3 Å². The Hall–Kier alpha value is -3.15. The summed E-state index contributed by atoms with van der Waals surface area (Å²) in [5, 5.41) is 8.26. The Morgan fingerprint density at radius 2 is 2.04 bits per heavy atom. The van der Waals surface area contributed by atoms with Crippen molar-refractivity contribution in [1.29, 1.82) is 0 Å². The molecule has 0 aliphatic carbocycles. The van der Waals surface area contributed by atoms with Crippen LogP contribution in [0.25, 0.3) is 0 Å². The number of hydrogen-bond acceptors (Lipinski definition) is 5. The third-order valence-electron chi connectivity index (χ3n) is 4.00. The summed E-state index contributed by atoms with van der Waals surface area (Å²) in [4.78, 5) is 14.2. The van der Waals surface area contributed by atoms with Crippen LogP contribution in [-0.2, 0) is 4.79 Å². The van der Waals surface area contributed by atoms with Gasteiger partial charge in [-0.25, -0.2) is 0 Å². The van der Waals surface area contributed by atoms with Crippen LogP contribution in [-0.4, -0.2) is 31.2 Å². The predicted molar refractivity (Wildman–Crippen MR) is 91.2 cm³/mol. The lowest BCUT2D eigenvalue weighted by atomic mass is 10.1. The normalized spacial score (nSPS) is 17.1. The quantitative estimate of drug-likeness (QED) is 0.645. The lowest BCUT2D eigenvalue weighted by Crippen LogP contribution is -2.29. The number of ether oxygens (including phenoxy) is 2. The Balaban J connectivity index is 1.67. The second kappa shape index (κ2) is 5.81. The van der Waals surface area contributed by atoms with Gasteiger partial charge in [-0.3, -0.25) is 4.79 Å². The third kappa shape index (κ3) is 2.23. The summed E-state index contributed by atoms with van der Waals surface area (Å²) in [5.41, 5.74) is 2.80. The van der Waals surface area contributed by atoms with Crippen LogP contribution in [0, 0.1) is 0 Å². The molecule has 0 N–H and O–H groups in total. The minimum Gasteiger partial charge on any atom is -0.454 e. The molecule has 0 saturated heterocycles. The van der Waals surface area contributed by atoms with Crippen molar-refractivity contribution in [2.24, 2.45) is 10.2 Å². The minimum absolute atomic E-state index is 0.131. The van der Waals surface area contributed by atoms with Gasteiger partial charge in [0.15, 0.2) is 17.2 Å². The second-order valence-corrected chi connectivity index (χ2v) is 5.34. The molecule has 1 amide bonds. The maximum absolute atomic E-state index is 12.5. The number of hydrogen-bond donors (Lipinski definition) is 0. The van der Waals surface area contributed by atoms with Gasteiger partial charge in [0.25, 0.3) is 5.91 Å². The van der Waals surface area contributed by atoms with E-state index in [1.165, 1.54) is 0 Å². The molecular formula is C18H15N3O3. The highest BCUT2D eigenvalue weighted by Crippen LogP contribution is 2.34. The molecule has 2 heterocycles. The number of carbonyl (C=O) groups excluding carboxylic acids is 1. The molecule has 24 heavy (non-hydrogen) atoms. The first-order valence-corrected chi connectivity index (χ1v) is 7.70. The van der Waals surface area contributed by atoms with Crippen molar-refractivity contribution < 1.29 is 14.3 Å². The van der Waals surface area contributed by atoms with E-state index in [-0.39, 0.29) is 12.7 Å². The van der Waals surface area contributed by atoms with E-state index in [1.807, 2.05) is 49.4 Å². The first-order chi connectivity index (χ1) is 11.8. The van der Waals surface area contributed by atoms with E-state index in [2.05, 4.69) is 10.2 Å². The second-order valence-electron chi connectivity index (χ2n) is 5.34. The standard InChI is InChI=1S/C18H15N3O3/c1-2-21-14-8-4-3-7-13(14)16(18(21)22)20-19-10-12-6-5-9-15-17(12)24-11-23-15/h3-10H,2,11H2,1H3/b19-10+,20-16+. The average molecular weight is 321 g/mol. The molecular weight excluding hydrogens is 306 g/mol. The molecule has 0 radical (unpaired) electrons. The lowest BCUT2D eigenvalue weighted by Gasteiger charge is -2.12. The van der Waals surface area contributed by atoms with Gasteiger partial charge >= 0.3 is 0 Å². The topological polar surface area (TPSA) is 63.5 Å². The highest BCUT2D eigenvalue weighted by molar-refractivity contribution is 6.54. The van der Waals surface area contributed by atoms with Crippen LogP contribution in [0.3, 0.4) is 0 Å². The summed E-state index contributed by atoms with van der Waals surface area (Å²) < 4.78 is 10.8. The number of rotatable bonds is 3. The number of likely N-dealkylation sites (N-methyl/N-ethyl adjacent to an activating group) is 1. The number of anilines is 1. The summed E-state index contributed by atoms with van der Waals surface area (Å²) >= 11 is 0. The van der Waals surface area contributed by atoms with Crippen LogP contribution < -0.4 is 14.4 Å². The third-order valence-corrected chi connectivity index (χ3v) is 4.00. The molecule has 0 unspecified atom stereocenters. The fraction of sp³-hybridized carbons (Fsp3) is 0.167. The van der Waals surface area contributed by atoms with Gasteiger partial charge in [-0.05, 0) is 25.1 Å². The zero-order chi connectivity index (χ0) is 16.5. The van der Waals surface area contributed by atoms with Gasteiger partial charge in [-0.2, -0.15) is 5.10 Å². The van der Waals surface area contributed by atoms with Crippen molar-refractivity contribution >= 4 is 23.5 Å². The maximum Gasteiger partial charge on any atom is 0.279 e. The van der Waals surface area contributed by atoms with Gasteiger partial charge in [0, 0.05) is 17.7 Å². The van der Waals surface area contributed by atoms with Crippen molar-refractivity contribution in [3.8, 4) is 11.5 Å². The monoisotopic (exact) mass is 321 g/mol. The van der Waals surface area contributed by atoms with Crippen molar-refractivity contribution in [3.05, 3.63) is 53.6 Å². The number of para-hydroxylation sites is 2. The molecule has 0 fully saturated rings. The highest BCUT2D eigenvalue weighted by Gasteiger charge is 2.32. The Labute approximate surface area is 139 Å². The van der Waals surface area contributed by atoms with Gasteiger partial charge < -0.3 is 14.4 Å². The van der Waals surface area contributed by atoms with Crippen LogP contribution in [0.5, 0.6) is 11.5 Å². The molecule has 6 heteroatoms. The molecule has 0 spiro atoms. The number of amides is 1. The molecule has 2 aromatic rings. The van der Waals surface area contributed by atoms with E-state index in [9.17, 15) is 4.79 Å². The maximum atomic E-state index is 12.5. The molecule has 2 aromatic carbocycles. The molecule has 0 aromatic heterocycles. The first kappa shape index (κ1) is 14.4. The van der Waals surface area contributed by atoms with Crippen LogP contribution in [0.4, 0.5) is 5.69 Å². The molecule has 0 saturated carbocycles. The van der Waals surface area contributed by atoms with Gasteiger partial charge in [0.05, 0.1) is 11.9 Å². The van der Waals surface area contributed by atoms with Gasteiger partial charge in [-0.15, -0.1) is 5.10 Å². The van der Waals surface area contributed by atoms with E-state index in [1.54, 1.807) is 11.1 Å². The van der Waals surface area contributed by atoms with E-state index in [0.29, 0.717) is 23.8 Å². The fourth-order valence-electron chi connectivity index (χ4n) is 2.88. The summed E-state index contributed by atoms with van der Waals surface area (Å²) in [6, 6.07) is 13.1. The van der Waals surface area contributed by atoms with Crippen LogP contribution >= 0.6 is 0 Å². The van der Waals surface area contributed by atoms with Gasteiger partial charge in [0.2, 0.25) is 6.79 Å². The van der Waals surface area contributed by atoms with Crippen LogP contribution in [0.2, 0.25) is 0 Å². The summed E-state index contributed by atoms with van der Waals surface area (Å²) in [6.07, 6.45) is 1.57. The van der Waals surface area contributed by atoms with Crippen molar-refractivity contribution in [2.45, 2.75) is 6.92 Å². The molecule has 120 valence electrons. The fourth-order valence-corrected chi connectivity index (χ4v) is 2.88. The summed E-state index contributed by atoms with van der Waals surface area (Å²) in [5.74, 6) is 1.20. The van der Waals surface area contributed by atoms with E-state index in [0.717, 1.165) is 16.8 Å². The SMILES string of the molecule is CCN1C(=O)/C(=N/N=C/c2cccc3c2OCO3)c2ccccc21. The zero-order valence-corrected chi connectivity index (χ0v) is 13.1. The summed E-state index contributed by atoms with van der Waals surface area (Å²) in [6.45, 7) is 2.73. The summed E-state index contributed by atoms with van der Waals surface area (Å²) in [7, 11) is 0. The largest absolute Gasteiger partial charge is 0.454 e. The Bertz CT molecular complexity index is 874. The molecule has 4 rings (SSSR count). The number of fused-ring (bicyclic) bond motifs is 2. The van der Waals surface area contributed by atoms with Crippen molar-refractivity contribution in [1.82, 2.24) is 0 Å². The van der Waals surface area contributed by atoms with E-state index < -0.39 is 0 Å². The average Bonchev–Trinajstić information content (AvgIpc) is 3.18. The predicted octanol–water partition coefficient (Wildman–Crippen LogP) is 2.61. The highest BCUT2D eigenvalue weighted by atomic mass is 16.7. The number of benzene rings is 2.